The van der Waals surface area contributed by atoms with Crippen molar-refractivity contribution in [2.75, 3.05) is 63.9 Å². The van der Waals surface area contributed by atoms with Crippen molar-refractivity contribution in [3.05, 3.63) is 0 Å². The normalized spacial score (nSPS) is 27.4. The molecule has 9 heteroatoms. The van der Waals surface area contributed by atoms with E-state index in [1.54, 1.807) is 0 Å². The van der Waals surface area contributed by atoms with Gasteiger partial charge in [-0.2, -0.15) is 0 Å². The van der Waals surface area contributed by atoms with Gasteiger partial charge < -0.3 is 14.5 Å². The third-order valence-corrected chi connectivity index (χ3v) is 7.13. The van der Waals surface area contributed by atoms with Crippen LogP contribution in [0.4, 0.5) is 4.79 Å². The van der Waals surface area contributed by atoms with Crippen LogP contribution in [0.1, 0.15) is 19.3 Å². The van der Waals surface area contributed by atoms with Gasteiger partial charge in [0.25, 0.3) is 0 Å². The molecule has 0 radical (unpaired) electrons. The molecule has 1 atom stereocenters. The number of hydrogen-bond acceptors (Lipinski definition) is 6. The van der Waals surface area contributed by atoms with Crippen molar-refractivity contribution in [1.82, 2.24) is 14.7 Å². The van der Waals surface area contributed by atoms with Crippen LogP contribution >= 0.6 is 0 Å². The average molecular weight is 373 g/mol. The van der Waals surface area contributed by atoms with E-state index in [1.807, 2.05) is 4.90 Å². The minimum atomic E-state index is -2.81. The molecule has 0 saturated carbocycles. The van der Waals surface area contributed by atoms with Crippen LogP contribution in [0.15, 0.2) is 0 Å². The summed E-state index contributed by atoms with van der Waals surface area (Å²) in [5.41, 5.74) is 0. The maximum atomic E-state index is 12.4. The zero-order chi connectivity index (χ0) is 17.9. The summed E-state index contributed by atoms with van der Waals surface area (Å²) in [5.74, 6) is 0.922. The van der Waals surface area contributed by atoms with Gasteiger partial charge in [-0.05, 0) is 38.3 Å². The maximum absolute atomic E-state index is 12.4. The summed E-state index contributed by atoms with van der Waals surface area (Å²) < 4.78 is 27.9. The molecule has 1 unspecified atom stereocenters. The zero-order valence-electron chi connectivity index (χ0n) is 14.6. The van der Waals surface area contributed by atoms with Crippen LogP contribution in [-0.2, 0) is 19.4 Å². The molecule has 3 rings (SSSR count). The Bertz CT molecular complexity index is 609. The molecule has 142 valence electrons. The van der Waals surface area contributed by atoms with Gasteiger partial charge in [0.15, 0.2) is 9.84 Å². The minimum Gasteiger partial charge on any atom is -0.448 e. The van der Waals surface area contributed by atoms with E-state index >= 15 is 0 Å². The van der Waals surface area contributed by atoms with E-state index in [-0.39, 0.29) is 18.4 Å². The van der Waals surface area contributed by atoms with Crippen LogP contribution in [0.5, 0.6) is 0 Å². The summed E-state index contributed by atoms with van der Waals surface area (Å²) in [7, 11) is -2.81. The molecule has 3 aliphatic heterocycles. The van der Waals surface area contributed by atoms with Crippen LogP contribution in [0.3, 0.4) is 0 Å². The van der Waals surface area contributed by atoms with Crippen LogP contribution in [0.2, 0.25) is 0 Å². The van der Waals surface area contributed by atoms with E-state index in [4.69, 9.17) is 4.74 Å². The first-order valence-electron chi connectivity index (χ1n) is 9.05. The van der Waals surface area contributed by atoms with Gasteiger partial charge in [-0.15, -0.1) is 0 Å². The van der Waals surface area contributed by atoms with Crippen LogP contribution in [0, 0.1) is 5.92 Å². The number of rotatable bonds is 5. The molecule has 0 N–H and O–H groups in total. The number of hydrogen-bond donors (Lipinski definition) is 0. The SMILES string of the molecule is O=C(CN1CCOC1=O)N1CCCN(CCC2CCS(=O)(=O)C2)CC1. The topological polar surface area (TPSA) is 87.2 Å². The molecule has 3 fully saturated rings. The molecule has 3 saturated heterocycles. The van der Waals surface area contributed by atoms with Crippen molar-refractivity contribution in [2.24, 2.45) is 5.92 Å². The summed E-state index contributed by atoms with van der Waals surface area (Å²) in [4.78, 5) is 29.4. The lowest BCUT2D eigenvalue weighted by Gasteiger charge is -2.24. The monoisotopic (exact) mass is 373 g/mol. The van der Waals surface area contributed by atoms with Crippen molar-refractivity contribution >= 4 is 21.8 Å². The Morgan fingerprint density at radius 2 is 2.00 bits per heavy atom. The second-order valence-electron chi connectivity index (χ2n) is 7.17. The highest BCUT2D eigenvalue weighted by atomic mass is 32.2. The first-order valence-corrected chi connectivity index (χ1v) is 10.9. The van der Waals surface area contributed by atoms with E-state index in [0.717, 1.165) is 38.9 Å². The van der Waals surface area contributed by atoms with Gasteiger partial charge in [-0.25, -0.2) is 13.2 Å². The van der Waals surface area contributed by atoms with Crippen molar-refractivity contribution in [2.45, 2.75) is 19.3 Å². The maximum Gasteiger partial charge on any atom is 0.410 e. The van der Waals surface area contributed by atoms with Gasteiger partial charge in [0.1, 0.15) is 13.2 Å². The lowest BCUT2D eigenvalue weighted by Crippen LogP contribution is -2.42. The minimum absolute atomic E-state index is 0.0254. The van der Waals surface area contributed by atoms with Crippen molar-refractivity contribution in [3.8, 4) is 0 Å². The number of carbonyl (C=O) groups excluding carboxylic acids is 2. The van der Waals surface area contributed by atoms with Gasteiger partial charge in [0.2, 0.25) is 5.91 Å². The van der Waals surface area contributed by atoms with Crippen LogP contribution in [0.25, 0.3) is 0 Å². The number of sulfone groups is 1. The van der Waals surface area contributed by atoms with E-state index < -0.39 is 15.9 Å². The Kier molecular flexibility index (Phi) is 5.83. The smallest absolute Gasteiger partial charge is 0.410 e. The largest absolute Gasteiger partial charge is 0.448 e. The molecule has 2 amide bonds. The molecule has 0 spiro atoms. The van der Waals surface area contributed by atoms with E-state index in [9.17, 15) is 18.0 Å². The summed E-state index contributed by atoms with van der Waals surface area (Å²) in [6.45, 7) is 4.91. The second-order valence-corrected chi connectivity index (χ2v) is 9.40. The summed E-state index contributed by atoms with van der Waals surface area (Å²) >= 11 is 0. The molecular formula is C16H27N3O5S. The highest BCUT2D eigenvalue weighted by molar-refractivity contribution is 7.91. The Labute approximate surface area is 149 Å². The Morgan fingerprint density at radius 1 is 1.16 bits per heavy atom. The number of nitrogens with zero attached hydrogens (tertiary/aromatic N) is 3. The molecule has 3 heterocycles. The summed E-state index contributed by atoms with van der Waals surface area (Å²) in [6.07, 6.45) is 2.19. The molecular weight excluding hydrogens is 346 g/mol. The van der Waals surface area contributed by atoms with Crippen LogP contribution < -0.4 is 0 Å². The van der Waals surface area contributed by atoms with Gasteiger partial charge in [0.05, 0.1) is 18.1 Å². The Balaban J connectivity index is 1.41. The van der Waals surface area contributed by atoms with E-state index in [2.05, 4.69) is 4.90 Å². The molecule has 0 aromatic carbocycles. The second kappa shape index (κ2) is 7.90. The lowest BCUT2D eigenvalue weighted by atomic mass is 10.1. The van der Waals surface area contributed by atoms with Crippen molar-refractivity contribution in [1.29, 1.82) is 0 Å². The fraction of sp³-hybridized carbons (Fsp3) is 0.875. The number of carbonyl (C=O) groups is 2. The van der Waals surface area contributed by atoms with Gasteiger partial charge in [-0.3, -0.25) is 9.69 Å². The third kappa shape index (κ3) is 5.07. The Morgan fingerprint density at radius 3 is 2.68 bits per heavy atom. The lowest BCUT2D eigenvalue weighted by molar-refractivity contribution is -0.131. The summed E-state index contributed by atoms with van der Waals surface area (Å²) in [6, 6.07) is 0. The number of ether oxygens (including phenoxy) is 1. The first kappa shape index (κ1) is 18.4. The standard InChI is InChI=1S/C16H27N3O5S/c20-15(12-19-9-10-24-16(19)21)18-5-1-4-17(7-8-18)6-2-14-3-11-25(22,23)13-14/h14H,1-13H2. The fourth-order valence-corrected chi connectivity index (χ4v) is 5.65. The third-order valence-electron chi connectivity index (χ3n) is 5.29. The van der Waals surface area contributed by atoms with Crippen LogP contribution in [-0.4, -0.2) is 99.0 Å². The van der Waals surface area contributed by atoms with Gasteiger partial charge >= 0.3 is 6.09 Å². The average Bonchev–Trinajstić information content (AvgIpc) is 3.02. The molecule has 0 aliphatic carbocycles. The molecule has 8 nitrogen and oxygen atoms in total. The van der Waals surface area contributed by atoms with Gasteiger partial charge in [-0.1, -0.05) is 0 Å². The highest BCUT2D eigenvalue weighted by Gasteiger charge is 2.29. The molecule has 25 heavy (non-hydrogen) atoms. The summed E-state index contributed by atoms with van der Waals surface area (Å²) in [5, 5.41) is 0. The van der Waals surface area contributed by atoms with Crippen molar-refractivity contribution < 1.29 is 22.7 Å². The van der Waals surface area contributed by atoms with Gasteiger partial charge in [0, 0.05) is 19.6 Å². The van der Waals surface area contributed by atoms with E-state index in [1.165, 1.54) is 4.90 Å². The predicted molar refractivity (Wildman–Crippen MR) is 91.9 cm³/mol. The predicted octanol–water partition coefficient (Wildman–Crippen LogP) is -0.202. The Hall–Kier alpha value is -1.35. The van der Waals surface area contributed by atoms with E-state index in [0.29, 0.717) is 37.7 Å². The zero-order valence-corrected chi connectivity index (χ0v) is 15.4. The molecule has 0 bridgehead atoms. The fourth-order valence-electron chi connectivity index (χ4n) is 3.74. The molecule has 0 aromatic rings. The number of cyclic esters (lactones) is 1. The number of amides is 2. The molecule has 0 aromatic heterocycles. The molecule has 3 aliphatic rings. The van der Waals surface area contributed by atoms with Crippen molar-refractivity contribution in [3.63, 3.8) is 0 Å². The quantitative estimate of drug-likeness (QED) is 0.663. The highest BCUT2D eigenvalue weighted by Crippen LogP contribution is 2.22. The first-order chi connectivity index (χ1) is 11.9.